The van der Waals surface area contributed by atoms with Gasteiger partial charge in [-0.25, -0.2) is 0 Å². The van der Waals surface area contributed by atoms with Gasteiger partial charge in [0.15, 0.2) is 0 Å². The van der Waals surface area contributed by atoms with Crippen LogP contribution in [0.1, 0.15) is 30.1 Å². The van der Waals surface area contributed by atoms with Crippen molar-refractivity contribution < 1.29 is 9.53 Å². The first-order valence-corrected chi connectivity index (χ1v) is 10.9. The smallest absolute Gasteiger partial charge is 0.244 e. The molecule has 1 unspecified atom stereocenters. The third-order valence-corrected chi connectivity index (χ3v) is 6.33. The number of amides is 1. The average Bonchev–Trinajstić information content (AvgIpc) is 2.65. The Bertz CT molecular complexity index is 720. The topological polar surface area (TPSA) is 29.5 Å². The highest BCUT2D eigenvalue weighted by Gasteiger charge is 2.32. The lowest BCUT2D eigenvalue weighted by atomic mass is 10.1. The fourth-order valence-corrected chi connectivity index (χ4v) is 4.65. The van der Waals surface area contributed by atoms with Gasteiger partial charge in [-0.1, -0.05) is 46.9 Å². The maximum absolute atomic E-state index is 12.7. The second-order valence-electron chi connectivity index (χ2n) is 6.03. The van der Waals surface area contributed by atoms with E-state index in [1.54, 1.807) is 16.7 Å². The molecule has 0 aliphatic carbocycles. The third kappa shape index (κ3) is 4.50. The van der Waals surface area contributed by atoms with Crippen LogP contribution in [0, 0.1) is 0 Å². The quantitative estimate of drug-likeness (QED) is 0.307. The largest absolute Gasteiger partial charge is 0.494 e. The number of unbranched alkanes of at least 4 members (excludes halogenated alkanes) is 2. The zero-order valence-corrected chi connectivity index (χ0v) is 17.3. The summed E-state index contributed by atoms with van der Waals surface area (Å²) >= 11 is 4.03. The molecule has 3 rings (SSSR count). The summed E-state index contributed by atoms with van der Waals surface area (Å²) in [6.45, 7) is 0.753. The molecule has 0 N–H and O–H groups in total. The van der Waals surface area contributed by atoms with E-state index in [2.05, 4.69) is 28.7 Å². The molecule has 1 amide bonds. The Morgan fingerprint density at radius 1 is 1.08 bits per heavy atom. The number of hydrogen-bond donors (Lipinski definition) is 0. The minimum absolute atomic E-state index is 0.121. The van der Waals surface area contributed by atoms with Crippen LogP contribution in [0.25, 0.3) is 0 Å². The standard InChI is InChI=1S/C20H22INO2S/c1-22-17-7-3-4-8-18(17)25-19(20(22)23)15-9-11-16(12-10-15)24-14-6-2-5-13-21/h3-4,7-12,19H,2,5-6,13-14H2,1H3. The fraction of sp³-hybridized carbons (Fsp3) is 0.350. The minimum Gasteiger partial charge on any atom is -0.494 e. The highest BCUT2D eigenvalue weighted by atomic mass is 127. The Labute approximate surface area is 167 Å². The molecular formula is C20H22INO2S. The molecule has 2 aromatic rings. The van der Waals surface area contributed by atoms with E-state index in [0.717, 1.165) is 34.9 Å². The molecule has 1 aliphatic rings. The number of benzene rings is 2. The molecule has 5 heteroatoms. The summed E-state index contributed by atoms with van der Waals surface area (Å²) in [5, 5.41) is -0.197. The van der Waals surface area contributed by atoms with Gasteiger partial charge in [0.05, 0.1) is 12.3 Å². The van der Waals surface area contributed by atoms with Crippen LogP contribution in [-0.4, -0.2) is 24.0 Å². The first-order chi connectivity index (χ1) is 12.2. The van der Waals surface area contributed by atoms with Crippen LogP contribution in [0.5, 0.6) is 5.75 Å². The molecule has 132 valence electrons. The number of fused-ring (bicyclic) bond motifs is 1. The Morgan fingerprint density at radius 2 is 1.84 bits per heavy atom. The van der Waals surface area contributed by atoms with Gasteiger partial charge in [-0.3, -0.25) is 4.79 Å². The zero-order valence-electron chi connectivity index (χ0n) is 14.3. The molecule has 0 saturated carbocycles. The first-order valence-electron chi connectivity index (χ1n) is 8.52. The van der Waals surface area contributed by atoms with Gasteiger partial charge >= 0.3 is 0 Å². The van der Waals surface area contributed by atoms with Crippen LogP contribution in [0.3, 0.4) is 0 Å². The molecule has 0 radical (unpaired) electrons. The van der Waals surface area contributed by atoms with Crippen LogP contribution in [0.15, 0.2) is 53.4 Å². The van der Waals surface area contributed by atoms with E-state index in [4.69, 9.17) is 4.74 Å². The number of likely N-dealkylation sites (N-methyl/N-ethyl adjacent to an activating group) is 1. The lowest BCUT2D eigenvalue weighted by molar-refractivity contribution is -0.118. The van der Waals surface area contributed by atoms with Crippen LogP contribution in [0.2, 0.25) is 0 Å². The van der Waals surface area contributed by atoms with Gasteiger partial charge in [-0.15, -0.1) is 11.8 Å². The van der Waals surface area contributed by atoms with Crippen LogP contribution in [0.4, 0.5) is 5.69 Å². The molecule has 1 atom stereocenters. The number of rotatable bonds is 7. The lowest BCUT2D eigenvalue weighted by Gasteiger charge is -2.31. The van der Waals surface area contributed by atoms with Crippen molar-refractivity contribution in [2.45, 2.75) is 29.4 Å². The molecule has 2 aromatic carbocycles. The molecule has 3 nitrogen and oxygen atoms in total. The van der Waals surface area contributed by atoms with Crippen molar-refractivity contribution in [1.29, 1.82) is 0 Å². The van der Waals surface area contributed by atoms with E-state index in [1.165, 1.54) is 17.3 Å². The molecule has 0 aromatic heterocycles. The predicted octanol–water partition coefficient (Wildman–Crippen LogP) is 5.48. The Kier molecular flexibility index (Phi) is 6.64. The number of alkyl halides is 1. The summed E-state index contributed by atoms with van der Waals surface area (Å²) in [7, 11) is 1.85. The Hall–Kier alpha value is -1.21. The lowest BCUT2D eigenvalue weighted by Crippen LogP contribution is -2.33. The van der Waals surface area contributed by atoms with Crippen LogP contribution < -0.4 is 9.64 Å². The number of nitrogens with zero attached hydrogens (tertiary/aromatic N) is 1. The van der Waals surface area contributed by atoms with Gasteiger partial charge in [0.1, 0.15) is 11.0 Å². The monoisotopic (exact) mass is 467 g/mol. The molecule has 0 spiro atoms. The number of halogens is 1. The average molecular weight is 467 g/mol. The fourth-order valence-electron chi connectivity index (χ4n) is 2.82. The van der Waals surface area contributed by atoms with Crippen molar-refractivity contribution in [3.8, 4) is 5.75 Å². The summed E-state index contributed by atoms with van der Waals surface area (Å²) < 4.78 is 7.00. The number of ether oxygens (including phenoxy) is 1. The molecule has 0 bridgehead atoms. The summed E-state index contributed by atoms with van der Waals surface area (Å²) in [5.74, 6) is 0.997. The van der Waals surface area contributed by atoms with Crippen molar-refractivity contribution in [2.24, 2.45) is 0 Å². The molecule has 25 heavy (non-hydrogen) atoms. The van der Waals surface area contributed by atoms with Crippen molar-refractivity contribution in [3.63, 3.8) is 0 Å². The van der Waals surface area contributed by atoms with E-state index < -0.39 is 0 Å². The summed E-state index contributed by atoms with van der Waals surface area (Å²) in [4.78, 5) is 15.6. The summed E-state index contributed by atoms with van der Waals surface area (Å²) in [5.41, 5.74) is 2.01. The van der Waals surface area contributed by atoms with E-state index in [9.17, 15) is 4.79 Å². The van der Waals surface area contributed by atoms with E-state index in [1.807, 2.05) is 49.5 Å². The van der Waals surface area contributed by atoms with Gasteiger partial charge in [0.2, 0.25) is 5.91 Å². The van der Waals surface area contributed by atoms with Crippen LogP contribution in [-0.2, 0) is 4.79 Å². The summed E-state index contributed by atoms with van der Waals surface area (Å²) in [6.07, 6.45) is 3.54. The van der Waals surface area contributed by atoms with Crippen LogP contribution >= 0.6 is 34.4 Å². The molecule has 1 aliphatic heterocycles. The number of thioether (sulfide) groups is 1. The normalized spacial score (nSPS) is 16.6. The number of anilines is 1. The highest BCUT2D eigenvalue weighted by molar-refractivity contribution is 14.1. The number of carbonyl (C=O) groups excluding carboxylic acids is 1. The Morgan fingerprint density at radius 3 is 2.60 bits per heavy atom. The minimum atomic E-state index is -0.197. The van der Waals surface area contributed by atoms with Gasteiger partial charge in [-0.2, -0.15) is 0 Å². The summed E-state index contributed by atoms with van der Waals surface area (Å²) in [6, 6.07) is 16.0. The van der Waals surface area contributed by atoms with Crippen molar-refractivity contribution in [1.82, 2.24) is 0 Å². The Balaban J connectivity index is 1.65. The van der Waals surface area contributed by atoms with E-state index in [0.29, 0.717) is 0 Å². The first kappa shape index (κ1) is 18.6. The van der Waals surface area contributed by atoms with Gasteiger partial charge in [0, 0.05) is 11.9 Å². The number of hydrogen-bond acceptors (Lipinski definition) is 3. The maximum atomic E-state index is 12.7. The number of para-hydroxylation sites is 1. The number of carbonyl (C=O) groups is 1. The SMILES string of the molecule is CN1C(=O)C(c2ccc(OCCCCCI)cc2)Sc2ccccc21. The molecule has 0 fully saturated rings. The van der Waals surface area contributed by atoms with Crippen molar-refractivity contribution in [3.05, 3.63) is 54.1 Å². The third-order valence-electron chi connectivity index (χ3n) is 4.26. The van der Waals surface area contributed by atoms with Crippen molar-refractivity contribution >= 4 is 45.9 Å². The molecular weight excluding hydrogens is 445 g/mol. The van der Waals surface area contributed by atoms with Gasteiger partial charge in [-0.05, 0) is 53.5 Å². The second kappa shape index (κ2) is 8.94. The maximum Gasteiger partial charge on any atom is 0.244 e. The van der Waals surface area contributed by atoms with Gasteiger partial charge in [0.25, 0.3) is 0 Å². The highest BCUT2D eigenvalue weighted by Crippen LogP contribution is 2.45. The predicted molar refractivity (Wildman–Crippen MR) is 113 cm³/mol. The van der Waals surface area contributed by atoms with E-state index >= 15 is 0 Å². The molecule has 0 saturated heterocycles. The van der Waals surface area contributed by atoms with Gasteiger partial charge < -0.3 is 9.64 Å². The molecule has 1 heterocycles. The van der Waals surface area contributed by atoms with E-state index in [-0.39, 0.29) is 11.2 Å². The second-order valence-corrected chi connectivity index (χ2v) is 8.26. The zero-order chi connectivity index (χ0) is 17.6. The van der Waals surface area contributed by atoms with Crippen molar-refractivity contribution in [2.75, 3.05) is 23.0 Å².